The molecule has 0 saturated heterocycles. The largest absolute Gasteiger partial charge is 0.376 e. The standard InChI is InChI=1S/C7H13ClN2O2/c1-4-5(11-2)7(12-3)10-9-6(4)8/h4-5,7,10H,1-3H3/t4-,5-,7?/m1/s1. The Morgan fingerprint density at radius 2 is 2.08 bits per heavy atom. The van der Waals surface area contributed by atoms with Crippen LogP contribution >= 0.6 is 11.6 Å². The van der Waals surface area contributed by atoms with Crippen molar-refractivity contribution in [3.05, 3.63) is 0 Å². The summed E-state index contributed by atoms with van der Waals surface area (Å²) in [5.74, 6) is 0.0721. The highest BCUT2D eigenvalue weighted by Crippen LogP contribution is 2.19. The van der Waals surface area contributed by atoms with Crippen LogP contribution in [0.1, 0.15) is 6.92 Å². The van der Waals surface area contributed by atoms with Crippen LogP contribution in [0.3, 0.4) is 0 Å². The van der Waals surface area contributed by atoms with Crippen molar-refractivity contribution in [1.29, 1.82) is 0 Å². The van der Waals surface area contributed by atoms with E-state index >= 15 is 0 Å². The number of nitrogens with zero attached hydrogens (tertiary/aromatic N) is 1. The second kappa shape index (κ2) is 4.07. The van der Waals surface area contributed by atoms with Crippen LogP contribution in [0.2, 0.25) is 0 Å². The Labute approximate surface area is 76.9 Å². The fourth-order valence-corrected chi connectivity index (χ4v) is 1.39. The van der Waals surface area contributed by atoms with Crippen molar-refractivity contribution in [1.82, 2.24) is 5.43 Å². The minimum atomic E-state index is -0.215. The zero-order valence-electron chi connectivity index (χ0n) is 7.37. The Morgan fingerprint density at radius 3 is 2.58 bits per heavy atom. The van der Waals surface area contributed by atoms with Crippen LogP contribution in [0, 0.1) is 5.92 Å². The first-order valence-electron chi connectivity index (χ1n) is 3.75. The number of ether oxygens (including phenoxy) is 2. The van der Waals surface area contributed by atoms with E-state index in [9.17, 15) is 0 Å². The van der Waals surface area contributed by atoms with Gasteiger partial charge in [0.25, 0.3) is 0 Å². The van der Waals surface area contributed by atoms with E-state index in [1.54, 1.807) is 14.2 Å². The van der Waals surface area contributed by atoms with Gasteiger partial charge in [-0.2, -0.15) is 5.10 Å². The van der Waals surface area contributed by atoms with E-state index in [1.165, 1.54) is 0 Å². The smallest absolute Gasteiger partial charge is 0.169 e. The third-order valence-electron chi connectivity index (χ3n) is 1.99. The van der Waals surface area contributed by atoms with Crippen molar-refractivity contribution in [3.63, 3.8) is 0 Å². The van der Waals surface area contributed by atoms with Crippen LogP contribution in [-0.4, -0.2) is 31.7 Å². The molecule has 1 rings (SSSR count). The van der Waals surface area contributed by atoms with Crippen LogP contribution in [0.4, 0.5) is 0 Å². The third kappa shape index (κ3) is 1.71. The first-order valence-corrected chi connectivity index (χ1v) is 4.12. The maximum Gasteiger partial charge on any atom is 0.169 e. The highest BCUT2D eigenvalue weighted by atomic mass is 35.5. The van der Waals surface area contributed by atoms with Gasteiger partial charge < -0.3 is 9.47 Å². The van der Waals surface area contributed by atoms with Crippen molar-refractivity contribution < 1.29 is 9.47 Å². The molecule has 5 heteroatoms. The van der Waals surface area contributed by atoms with E-state index < -0.39 is 0 Å². The minimum absolute atomic E-state index is 0.0721. The molecule has 0 radical (unpaired) electrons. The van der Waals surface area contributed by atoms with E-state index in [-0.39, 0.29) is 18.2 Å². The van der Waals surface area contributed by atoms with E-state index in [1.807, 2.05) is 6.92 Å². The zero-order valence-corrected chi connectivity index (χ0v) is 8.13. The Hall–Kier alpha value is -0.320. The summed E-state index contributed by atoms with van der Waals surface area (Å²) in [5.41, 5.74) is 2.76. The molecular weight excluding hydrogens is 180 g/mol. The van der Waals surface area contributed by atoms with E-state index in [4.69, 9.17) is 21.1 Å². The molecule has 1 unspecified atom stereocenters. The number of hydrogen-bond acceptors (Lipinski definition) is 4. The molecule has 12 heavy (non-hydrogen) atoms. The van der Waals surface area contributed by atoms with Crippen molar-refractivity contribution in [2.24, 2.45) is 11.0 Å². The molecule has 4 nitrogen and oxygen atoms in total. The minimum Gasteiger partial charge on any atom is -0.376 e. The lowest BCUT2D eigenvalue weighted by Gasteiger charge is -2.32. The second-order valence-electron chi connectivity index (χ2n) is 2.71. The first kappa shape index (κ1) is 9.77. The molecule has 1 aliphatic rings. The van der Waals surface area contributed by atoms with Gasteiger partial charge in [0.2, 0.25) is 0 Å². The Bertz CT molecular complexity index is 186. The van der Waals surface area contributed by atoms with Gasteiger partial charge in [0, 0.05) is 20.1 Å². The Balaban J connectivity index is 2.72. The molecule has 0 bridgehead atoms. The summed E-state index contributed by atoms with van der Waals surface area (Å²) in [6, 6.07) is 0. The van der Waals surface area contributed by atoms with Crippen molar-refractivity contribution in [3.8, 4) is 0 Å². The van der Waals surface area contributed by atoms with Gasteiger partial charge in [0.15, 0.2) is 6.23 Å². The number of rotatable bonds is 2. The van der Waals surface area contributed by atoms with Gasteiger partial charge in [-0.1, -0.05) is 18.5 Å². The molecule has 1 N–H and O–H groups in total. The molecule has 0 amide bonds. The molecule has 0 fully saturated rings. The van der Waals surface area contributed by atoms with Crippen molar-refractivity contribution in [2.45, 2.75) is 19.3 Å². The summed E-state index contributed by atoms with van der Waals surface area (Å²) < 4.78 is 10.3. The summed E-state index contributed by atoms with van der Waals surface area (Å²) >= 11 is 5.81. The highest BCUT2D eigenvalue weighted by molar-refractivity contribution is 6.65. The predicted molar refractivity (Wildman–Crippen MR) is 47.2 cm³/mol. The number of halogens is 1. The number of hydrogen-bond donors (Lipinski definition) is 1. The fraction of sp³-hybridized carbons (Fsp3) is 0.857. The monoisotopic (exact) mass is 192 g/mol. The normalized spacial score (nSPS) is 35.7. The van der Waals surface area contributed by atoms with Crippen molar-refractivity contribution >= 4 is 16.8 Å². The lowest BCUT2D eigenvalue weighted by Crippen LogP contribution is -2.49. The molecule has 0 spiro atoms. The molecule has 0 aromatic heterocycles. The van der Waals surface area contributed by atoms with Crippen LogP contribution in [0.5, 0.6) is 0 Å². The number of nitrogens with one attached hydrogen (secondary N) is 1. The Kier molecular flexibility index (Phi) is 3.31. The lowest BCUT2D eigenvalue weighted by atomic mass is 10.0. The molecule has 0 saturated carbocycles. The highest BCUT2D eigenvalue weighted by Gasteiger charge is 2.32. The summed E-state index contributed by atoms with van der Waals surface area (Å²) in [4.78, 5) is 0. The van der Waals surface area contributed by atoms with E-state index in [0.29, 0.717) is 5.17 Å². The average Bonchev–Trinajstić information content (AvgIpc) is 2.09. The van der Waals surface area contributed by atoms with Gasteiger partial charge in [-0.3, -0.25) is 5.43 Å². The van der Waals surface area contributed by atoms with Crippen LogP contribution in [0.15, 0.2) is 5.10 Å². The van der Waals surface area contributed by atoms with Crippen LogP contribution < -0.4 is 5.43 Å². The molecule has 0 aromatic rings. The summed E-state index contributed by atoms with van der Waals surface area (Å²) in [7, 11) is 3.23. The SMILES string of the molecule is COC1NN=C(Cl)[C@H](C)[C@H]1OC. The maximum absolute atomic E-state index is 5.81. The summed E-state index contributed by atoms with van der Waals surface area (Å²) in [5, 5.41) is 4.41. The van der Waals surface area contributed by atoms with Gasteiger partial charge in [-0.25, -0.2) is 0 Å². The average molecular weight is 193 g/mol. The zero-order chi connectivity index (χ0) is 9.14. The first-order chi connectivity index (χ1) is 5.70. The third-order valence-corrected chi connectivity index (χ3v) is 2.42. The number of methoxy groups -OCH3 is 2. The van der Waals surface area contributed by atoms with Gasteiger partial charge in [-0.15, -0.1) is 0 Å². The van der Waals surface area contributed by atoms with E-state index in [0.717, 1.165) is 0 Å². The molecular formula is C7H13ClN2O2. The van der Waals surface area contributed by atoms with Gasteiger partial charge >= 0.3 is 0 Å². The molecule has 3 atom stereocenters. The second-order valence-corrected chi connectivity index (χ2v) is 3.10. The molecule has 70 valence electrons. The maximum atomic E-state index is 5.81. The van der Waals surface area contributed by atoms with Gasteiger partial charge in [0.05, 0.1) is 0 Å². The fourth-order valence-electron chi connectivity index (χ4n) is 1.21. The predicted octanol–water partition coefficient (Wildman–Crippen LogP) is 0.766. The van der Waals surface area contributed by atoms with Crippen LogP contribution in [-0.2, 0) is 9.47 Å². The van der Waals surface area contributed by atoms with Crippen molar-refractivity contribution in [2.75, 3.05) is 14.2 Å². The number of hydrazone groups is 1. The topological polar surface area (TPSA) is 42.8 Å². The van der Waals surface area contributed by atoms with E-state index in [2.05, 4.69) is 10.5 Å². The summed E-state index contributed by atoms with van der Waals surface area (Å²) in [6.45, 7) is 1.95. The summed E-state index contributed by atoms with van der Waals surface area (Å²) in [6.07, 6.45) is -0.299. The molecule has 0 aliphatic carbocycles. The molecule has 1 aliphatic heterocycles. The van der Waals surface area contributed by atoms with Gasteiger partial charge in [0.1, 0.15) is 11.3 Å². The quantitative estimate of drug-likeness (QED) is 0.703. The Morgan fingerprint density at radius 1 is 1.42 bits per heavy atom. The lowest BCUT2D eigenvalue weighted by molar-refractivity contribution is -0.0699. The molecule has 1 heterocycles. The molecule has 0 aromatic carbocycles. The van der Waals surface area contributed by atoms with Gasteiger partial charge in [-0.05, 0) is 0 Å². The van der Waals surface area contributed by atoms with Crippen LogP contribution in [0.25, 0.3) is 0 Å².